The quantitative estimate of drug-likeness (QED) is 0.437. The molecule has 0 amide bonds. The van der Waals surface area contributed by atoms with Crippen LogP contribution in [0.15, 0.2) is 0 Å². The molecule has 0 rings (SSSR count). The van der Waals surface area contributed by atoms with Crippen molar-refractivity contribution in [1.82, 2.24) is 0 Å². The van der Waals surface area contributed by atoms with Gasteiger partial charge in [-0.1, -0.05) is 13.8 Å². The van der Waals surface area contributed by atoms with E-state index in [0.717, 1.165) is 6.42 Å². The van der Waals surface area contributed by atoms with Gasteiger partial charge < -0.3 is 32.8 Å². The van der Waals surface area contributed by atoms with Crippen LogP contribution in [0, 0.1) is 5.92 Å². The van der Waals surface area contributed by atoms with E-state index in [0.29, 0.717) is 5.92 Å². The van der Waals surface area contributed by atoms with Crippen LogP contribution in [0.1, 0.15) is 27.2 Å². The van der Waals surface area contributed by atoms with Gasteiger partial charge in [-0.3, -0.25) is 0 Å². The summed E-state index contributed by atoms with van der Waals surface area (Å²) in [6.07, 6.45) is 0.792. The maximum atomic E-state index is 9.29. The van der Waals surface area contributed by atoms with E-state index in [1.807, 2.05) is 6.92 Å². The van der Waals surface area contributed by atoms with Crippen LogP contribution in [0.4, 0.5) is 0 Å². The van der Waals surface area contributed by atoms with Gasteiger partial charge in [-0.25, -0.2) is 0 Å². The van der Waals surface area contributed by atoms with Crippen LogP contribution in [-0.4, -0.2) is 11.2 Å². The Kier molecular flexibility index (Phi) is 15.2. The Labute approximate surface area is 101 Å². The van der Waals surface area contributed by atoms with Gasteiger partial charge in [-0.15, -0.1) is 0 Å². The van der Waals surface area contributed by atoms with Gasteiger partial charge in [0, 0.05) is 0 Å². The first kappa shape index (κ1) is 19.9. The van der Waals surface area contributed by atoms with E-state index in [4.69, 9.17) is 5.11 Å². The summed E-state index contributed by atoms with van der Waals surface area (Å²) in [6.45, 7) is 6.03. The summed E-state index contributed by atoms with van der Waals surface area (Å²) in [5.74, 6) is 0.625. The molecule has 3 nitrogen and oxygen atoms in total. The molecule has 1 atom stereocenters. The van der Waals surface area contributed by atoms with Gasteiger partial charge in [0.25, 0.3) is 0 Å². The molecule has 0 aliphatic rings. The molecule has 0 heterocycles. The van der Waals surface area contributed by atoms with Gasteiger partial charge >= 0.3 is 17.1 Å². The minimum atomic E-state index is -3.72. The largest absolute Gasteiger partial charge is 2.00 e. The van der Waals surface area contributed by atoms with Crippen molar-refractivity contribution in [1.29, 1.82) is 0 Å². The summed E-state index contributed by atoms with van der Waals surface area (Å²) < 4.78 is 0. The Morgan fingerprint density at radius 1 is 1.38 bits per heavy atom. The van der Waals surface area contributed by atoms with Crippen molar-refractivity contribution in [2.45, 2.75) is 33.3 Å². The Balaban J connectivity index is -0.000000150. The van der Waals surface area contributed by atoms with Crippen LogP contribution in [0.3, 0.4) is 0 Å². The summed E-state index contributed by atoms with van der Waals surface area (Å²) >= 11 is 7.28. The number of hydrogen-bond donors (Lipinski definition) is 1. The van der Waals surface area contributed by atoms with E-state index in [1.165, 1.54) is 0 Å². The zero-order valence-electron chi connectivity index (χ0n) is 7.69. The van der Waals surface area contributed by atoms with E-state index in [1.54, 1.807) is 0 Å². The Morgan fingerprint density at radius 2 is 1.62 bits per heavy atom. The molecule has 0 fully saturated rings. The normalized spacial score (nSPS) is 12.6. The van der Waals surface area contributed by atoms with Crippen molar-refractivity contribution in [3.05, 3.63) is 0 Å². The zero-order chi connectivity index (χ0) is 10.4. The number of hydrogen-bond acceptors (Lipinski definition) is 5. The van der Waals surface area contributed by atoms with Crippen molar-refractivity contribution >= 4 is 29.7 Å². The topological polar surface area (TPSA) is 66.3 Å². The predicted molar refractivity (Wildman–Crippen MR) is 52.8 cm³/mol. The van der Waals surface area contributed by atoms with Crippen molar-refractivity contribution in [3.8, 4) is 0 Å². The fourth-order valence-corrected chi connectivity index (χ4v) is 0.682. The summed E-state index contributed by atoms with van der Waals surface area (Å²) in [5, 5.41) is 8.72. The Morgan fingerprint density at radius 3 is 1.62 bits per heavy atom. The fourth-order valence-electron chi connectivity index (χ4n) is 0.682. The van der Waals surface area contributed by atoms with E-state index in [2.05, 4.69) is 37.9 Å². The summed E-state index contributed by atoms with van der Waals surface area (Å²) in [6, 6.07) is 0. The molecule has 0 aliphatic heterocycles. The maximum Gasteiger partial charge on any atom is 2.00 e. The maximum absolute atomic E-state index is 9.29. The molecule has 0 aromatic heterocycles. The van der Waals surface area contributed by atoms with Crippen LogP contribution in [-0.2, 0) is 41.1 Å². The van der Waals surface area contributed by atoms with Crippen LogP contribution in [0.25, 0.3) is 0 Å². The molecule has 1 N–H and O–H groups in total. The van der Waals surface area contributed by atoms with E-state index in [-0.39, 0.29) is 23.2 Å². The predicted octanol–water partition coefficient (Wildman–Crippen LogP) is -0.111. The molecular weight excluding hydrogens is 279 g/mol. The molecule has 0 spiro atoms. The molecule has 0 bridgehead atoms. The summed E-state index contributed by atoms with van der Waals surface area (Å²) in [5.41, 5.74) is -3.72. The second-order valence-electron chi connectivity index (χ2n) is 2.93. The third-order valence-electron chi connectivity index (χ3n) is 0.813. The zero-order valence-corrected chi connectivity index (χ0v) is 11.2. The van der Waals surface area contributed by atoms with Crippen molar-refractivity contribution in [2.75, 3.05) is 0 Å². The second kappa shape index (κ2) is 9.94. The minimum absolute atomic E-state index is 0. The number of rotatable bonds is 2. The molecule has 1 radical (unpaired) electrons. The van der Waals surface area contributed by atoms with Gasteiger partial charge in [0.05, 0.1) is 6.10 Å². The second-order valence-corrected chi connectivity index (χ2v) is 7.40. The number of aliphatic hydroxyl groups excluding tert-OH is 1. The van der Waals surface area contributed by atoms with Crippen molar-refractivity contribution in [3.63, 3.8) is 0 Å². The van der Waals surface area contributed by atoms with Gasteiger partial charge in [-0.05, 0) is 19.3 Å². The molecular formula is C6H14CuO3PS2-. The van der Waals surface area contributed by atoms with E-state index >= 15 is 0 Å². The molecule has 85 valence electrons. The van der Waals surface area contributed by atoms with Gasteiger partial charge in [0.15, 0.2) is 0 Å². The van der Waals surface area contributed by atoms with E-state index < -0.39 is 5.69 Å². The van der Waals surface area contributed by atoms with Crippen LogP contribution in [0.5, 0.6) is 0 Å². The smallest absolute Gasteiger partial charge is 0.850 e. The Hall–Kier alpha value is 1.40. The van der Waals surface area contributed by atoms with Gasteiger partial charge in [0.1, 0.15) is 0 Å². The molecule has 0 saturated carbocycles. The first-order valence-corrected chi connectivity index (χ1v) is 7.19. The van der Waals surface area contributed by atoms with Crippen LogP contribution < -0.4 is 9.79 Å². The minimum Gasteiger partial charge on any atom is -0.850 e. The van der Waals surface area contributed by atoms with Crippen LogP contribution >= 0.6 is 5.69 Å². The Bertz CT molecular complexity index is 135. The monoisotopic (exact) mass is 292 g/mol. The molecule has 1 unspecified atom stereocenters. The first-order chi connectivity index (χ1) is 5.13. The van der Waals surface area contributed by atoms with E-state index in [9.17, 15) is 9.79 Å². The third-order valence-corrected chi connectivity index (χ3v) is 0.813. The molecule has 0 aliphatic carbocycles. The summed E-state index contributed by atoms with van der Waals surface area (Å²) in [7, 11) is 0. The third kappa shape index (κ3) is 59.7. The first-order valence-electron chi connectivity index (χ1n) is 3.54. The molecule has 0 aromatic carbocycles. The molecule has 7 heteroatoms. The van der Waals surface area contributed by atoms with Gasteiger partial charge in [0.2, 0.25) is 0 Å². The van der Waals surface area contributed by atoms with Crippen molar-refractivity contribution < 1.29 is 32.0 Å². The molecule has 13 heavy (non-hydrogen) atoms. The SMILES string of the molecule is CC(C)CC(C)O.[Cu+2].[O-]P([O-])(=S)[S-]. The van der Waals surface area contributed by atoms with Gasteiger partial charge in [-0.2, -0.15) is 11.8 Å². The average molecular weight is 293 g/mol. The fraction of sp³-hybridized carbons (Fsp3) is 1.00. The molecule has 0 aromatic rings. The standard InChI is InChI=1S/C6H14O.Cu.H3O2PS2/c1-5(2)4-6(3)7;;1-3(2,4)5/h5-7H,4H2,1-3H3;;(H3,1,2,4,5)/q;+2;/p-3. The van der Waals surface area contributed by atoms with Crippen LogP contribution in [0.2, 0.25) is 0 Å². The average Bonchev–Trinajstić information content (AvgIpc) is 1.52. The summed E-state index contributed by atoms with van der Waals surface area (Å²) in [4.78, 5) is 18.6. The number of aliphatic hydroxyl groups is 1. The molecule has 0 saturated heterocycles. The van der Waals surface area contributed by atoms with Crippen molar-refractivity contribution in [2.24, 2.45) is 5.92 Å².